The Morgan fingerprint density at radius 2 is 2.00 bits per heavy atom. The number of nitrogens with one attached hydrogen (secondary N) is 1. The summed E-state index contributed by atoms with van der Waals surface area (Å²) in [5.41, 5.74) is 5.54. The van der Waals surface area contributed by atoms with Gasteiger partial charge in [-0.05, 0) is 32.6 Å². The predicted molar refractivity (Wildman–Crippen MR) is 79.7 cm³/mol. The molecule has 4 N–H and O–H groups in total. The highest BCUT2D eigenvalue weighted by Gasteiger charge is 2.24. The highest BCUT2D eigenvalue weighted by Crippen LogP contribution is 2.22. The fourth-order valence-corrected chi connectivity index (χ4v) is 2.34. The van der Waals surface area contributed by atoms with Crippen LogP contribution in [0.25, 0.3) is 0 Å². The number of rotatable bonds is 6. The third-order valence-corrected chi connectivity index (χ3v) is 3.89. The number of nitrogens with zero attached hydrogens (tertiary/aromatic N) is 4. The normalized spacial score (nSPS) is 18.1. The van der Waals surface area contributed by atoms with E-state index < -0.39 is 0 Å². The quantitative estimate of drug-likeness (QED) is 0.715. The lowest BCUT2D eigenvalue weighted by Gasteiger charge is -2.29. The average Bonchev–Trinajstić information content (AvgIpc) is 2.92. The SMILES string of the molecule is CCC(C)(CCO)Nc1nc(N)nc(N2CCCC2)n1. The number of aliphatic hydroxyl groups excluding tert-OH is 1. The molecule has 0 aromatic carbocycles. The number of aliphatic hydroxyl groups is 1. The van der Waals surface area contributed by atoms with Gasteiger partial charge in [0.05, 0.1) is 0 Å². The molecule has 1 aliphatic rings. The molecule has 1 unspecified atom stereocenters. The molecule has 2 heterocycles. The Kier molecular flexibility index (Phi) is 4.59. The van der Waals surface area contributed by atoms with Crippen molar-refractivity contribution in [2.75, 3.05) is 35.6 Å². The van der Waals surface area contributed by atoms with Gasteiger partial charge in [-0.15, -0.1) is 0 Å². The van der Waals surface area contributed by atoms with Crippen LogP contribution in [0.15, 0.2) is 0 Å². The van der Waals surface area contributed by atoms with Gasteiger partial charge in [0.25, 0.3) is 0 Å². The monoisotopic (exact) mass is 280 g/mol. The molecule has 1 aromatic heterocycles. The fourth-order valence-electron chi connectivity index (χ4n) is 2.34. The first-order valence-electron chi connectivity index (χ1n) is 7.22. The molecule has 0 saturated carbocycles. The Balaban J connectivity index is 2.18. The molecule has 1 aromatic rings. The van der Waals surface area contributed by atoms with Gasteiger partial charge in [0.2, 0.25) is 17.8 Å². The Hall–Kier alpha value is -1.63. The van der Waals surface area contributed by atoms with Crippen molar-refractivity contribution in [3.05, 3.63) is 0 Å². The van der Waals surface area contributed by atoms with Crippen molar-refractivity contribution in [2.45, 2.75) is 45.1 Å². The molecule has 7 heteroatoms. The Morgan fingerprint density at radius 1 is 1.30 bits per heavy atom. The highest BCUT2D eigenvalue weighted by atomic mass is 16.3. The van der Waals surface area contributed by atoms with E-state index in [0.29, 0.717) is 18.3 Å². The molecule has 112 valence electrons. The van der Waals surface area contributed by atoms with E-state index in [1.165, 1.54) is 0 Å². The van der Waals surface area contributed by atoms with Crippen LogP contribution in [0.1, 0.15) is 39.5 Å². The van der Waals surface area contributed by atoms with Crippen molar-refractivity contribution in [3.8, 4) is 0 Å². The molecule has 7 nitrogen and oxygen atoms in total. The Morgan fingerprint density at radius 3 is 2.60 bits per heavy atom. The Labute approximate surface area is 119 Å². The number of aromatic nitrogens is 3. The van der Waals surface area contributed by atoms with E-state index in [-0.39, 0.29) is 18.1 Å². The van der Waals surface area contributed by atoms with Crippen LogP contribution in [-0.2, 0) is 0 Å². The first-order valence-corrected chi connectivity index (χ1v) is 7.22. The second-order valence-electron chi connectivity index (χ2n) is 5.52. The zero-order valence-electron chi connectivity index (χ0n) is 12.3. The van der Waals surface area contributed by atoms with Crippen molar-refractivity contribution in [2.24, 2.45) is 0 Å². The summed E-state index contributed by atoms with van der Waals surface area (Å²) < 4.78 is 0. The van der Waals surface area contributed by atoms with E-state index in [1.807, 2.05) is 6.92 Å². The van der Waals surface area contributed by atoms with Crippen LogP contribution in [0.3, 0.4) is 0 Å². The highest BCUT2D eigenvalue weighted by molar-refractivity contribution is 5.43. The van der Waals surface area contributed by atoms with Gasteiger partial charge in [-0.3, -0.25) is 0 Å². The summed E-state index contributed by atoms with van der Waals surface area (Å²) in [7, 11) is 0. The van der Waals surface area contributed by atoms with Crippen LogP contribution < -0.4 is 16.0 Å². The largest absolute Gasteiger partial charge is 0.396 e. The molecular formula is C13H24N6O. The molecule has 2 rings (SSSR count). The molecule has 0 radical (unpaired) electrons. The number of anilines is 3. The molecule has 1 atom stereocenters. The third kappa shape index (κ3) is 3.47. The average molecular weight is 280 g/mol. The molecule has 1 fully saturated rings. The number of hydrogen-bond donors (Lipinski definition) is 3. The van der Waals surface area contributed by atoms with Gasteiger partial charge in [0.1, 0.15) is 0 Å². The van der Waals surface area contributed by atoms with Crippen molar-refractivity contribution >= 4 is 17.8 Å². The van der Waals surface area contributed by atoms with E-state index in [9.17, 15) is 0 Å². The standard InChI is InChI=1S/C13H24N6O/c1-3-13(2,6-9-20)18-11-15-10(14)16-12(17-11)19-7-4-5-8-19/h20H,3-9H2,1-2H3,(H3,14,15,16,17,18). The van der Waals surface area contributed by atoms with E-state index in [4.69, 9.17) is 10.8 Å². The molecule has 1 saturated heterocycles. The third-order valence-electron chi connectivity index (χ3n) is 3.89. The summed E-state index contributed by atoms with van der Waals surface area (Å²) in [5, 5.41) is 12.4. The van der Waals surface area contributed by atoms with E-state index in [1.54, 1.807) is 0 Å². The van der Waals surface area contributed by atoms with Gasteiger partial charge in [-0.2, -0.15) is 15.0 Å². The molecule has 0 amide bonds. The zero-order valence-corrected chi connectivity index (χ0v) is 12.3. The maximum Gasteiger partial charge on any atom is 0.231 e. The summed E-state index contributed by atoms with van der Waals surface area (Å²) in [6.45, 7) is 6.15. The number of nitrogens with two attached hydrogens (primary N) is 1. The summed E-state index contributed by atoms with van der Waals surface area (Å²) in [5.74, 6) is 1.35. The first-order chi connectivity index (χ1) is 9.56. The van der Waals surface area contributed by atoms with Crippen LogP contribution in [0, 0.1) is 0 Å². The van der Waals surface area contributed by atoms with Crippen LogP contribution in [0.4, 0.5) is 17.8 Å². The van der Waals surface area contributed by atoms with Gasteiger partial charge in [0.15, 0.2) is 0 Å². The maximum atomic E-state index is 9.17. The van der Waals surface area contributed by atoms with Crippen molar-refractivity contribution in [1.82, 2.24) is 15.0 Å². The maximum absolute atomic E-state index is 9.17. The smallest absolute Gasteiger partial charge is 0.231 e. The lowest BCUT2D eigenvalue weighted by Crippen LogP contribution is -2.36. The molecule has 20 heavy (non-hydrogen) atoms. The molecule has 0 spiro atoms. The van der Waals surface area contributed by atoms with Gasteiger partial charge in [-0.25, -0.2) is 0 Å². The first kappa shape index (κ1) is 14.8. The van der Waals surface area contributed by atoms with Crippen molar-refractivity contribution < 1.29 is 5.11 Å². The van der Waals surface area contributed by atoms with E-state index >= 15 is 0 Å². The minimum atomic E-state index is -0.245. The van der Waals surface area contributed by atoms with Gasteiger partial charge in [-0.1, -0.05) is 6.92 Å². The summed E-state index contributed by atoms with van der Waals surface area (Å²) >= 11 is 0. The van der Waals surface area contributed by atoms with Crippen LogP contribution in [-0.4, -0.2) is 45.3 Å². The summed E-state index contributed by atoms with van der Waals surface area (Å²) in [6.07, 6.45) is 3.81. The Bertz CT molecular complexity index is 448. The van der Waals surface area contributed by atoms with Gasteiger partial charge < -0.3 is 21.1 Å². The molecule has 0 aliphatic carbocycles. The lowest BCUT2D eigenvalue weighted by atomic mass is 9.95. The van der Waals surface area contributed by atoms with E-state index in [2.05, 4.69) is 32.1 Å². The van der Waals surface area contributed by atoms with Crippen LogP contribution in [0.5, 0.6) is 0 Å². The molecule has 0 bridgehead atoms. The van der Waals surface area contributed by atoms with Gasteiger partial charge in [0, 0.05) is 25.2 Å². The zero-order chi connectivity index (χ0) is 14.6. The van der Waals surface area contributed by atoms with E-state index in [0.717, 1.165) is 32.4 Å². The lowest BCUT2D eigenvalue weighted by molar-refractivity contribution is 0.251. The van der Waals surface area contributed by atoms with Crippen LogP contribution >= 0.6 is 0 Å². The minimum Gasteiger partial charge on any atom is -0.396 e. The number of hydrogen-bond acceptors (Lipinski definition) is 7. The minimum absolute atomic E-state index is 0.122. The van der Waals surface area contributed by atoms with Crippen molar-refractivity contribution in [1.29, 1.82) is 0 Å². The molecular weight excluding hydrogens is 256 g/mol. The fraction of sp³-hybridized carbons (Fsp3) is 0.769. The summed E-state index contributed by atoms with van der Waals surface area (Å²) in [4.78, 5) is 15.0. The van der Waals surface area contributed by atoms with Gasteiger partial charge >= 0.3 is 0 Å². The van der Waals surface area contributed by atoms with Crippen molar-refractivity contribution in [3.63, 3.8) is 0 Å². The van der Waals surface area contributed by atoms with Crippen LogP contribution in [0.2, 0.25) is 0 Å². The summed E-state index contributed by atoms with van der Waals surface area (Å²) in [6, 6.07) is 0. The molecule has 1 aliphatic heterocycles. The predicted octanol–water partition coefficient (Wildman–Crippen LogP) is 1.02. The second kappa shape index (κ2) is 6.21. The topological polar surface area (TPSA) is 100 Å². The number of nitrogen functional groups attached to an aromatic ring is 1. The second-order valence-corrected chi connectivity index (χ2v) is 5.52.